The Labute approximate surface area is 108 Å². The van der Waals surface area contributed by atoms with Gasteiger partial charge in [-0.15, -0.1) is 5.10 Å². The second-order valence-electron chi connectivity index (χ2n) is 3.87. The molecule has 0 aliphatic rings. The molecule has 0 radical (unpaired) electrons. The highest BCUT2D eigenvalue weighted by molar-refractivity contribution is 5.86. The van der Waals surface area contributed by atoms with Crippen molar-refractivity contribution in [2.45, 2.75) is 6.92 Å². The number of nitrogens with zero attached hydrogens (tertiary/aromatic N) is 4. The average Bonchev–Trinajstić information content (AvgIpc) is 3.07. The highest BCUT2D eigenvalue weighted by atomic mass is 16.5. The van der Waals surface area contributed by atoms with Gasteiger partial charge < -0.3 is 9.72 Å². The molecule has 1 N–H and O–H groups in total. The minimum atomic E-state index is -0.476. The zero-order valence-corrected chi connectivity index (χ0v) is 10.2. The van der Waals surface area contributed by atoms with Gasteiger partial charge in [0, 0.05) is 0 Å². The number of aromatic nitrogens is 5. The zero-order valence-electron chi connectivity index (χ0n) is 10.2. The summed E-state index contributed by atoms with van der Waals surface area (Å²) in [6.07, 6.45) is 3.16. The molecule has 7 heteroatoms. The van der Waals surface area contributed by atoms with E-state index < -0.39 is 5.97 Å². The summed E-state index contributed by atoms with van der Waals surface area (Å²) in [7, 11) is 0. The number of imidazole rings is 1. The van der Waals surface area contributed by atoms with Gasteiger partial charge in [-0.2, -0.15) is 0 Å². The maximum absolute atomic E-state index is 11.5. The van der Waals surface area contributed by atoms with E-state index in [1.165, 1.54) is 10.9 Å². The van der Waals surface area contributed by atoms with E-state index in [1.54, 1.807) is 13.3 Å². The Kier molecular flexibility index (Phi) is 2.71. The monoisotopic (exact) mass is 257 g/mol. The Morgan fingerprint density at radius 3 is 3.21 bits per heavy atom. The third-order valence-corrected chi connectivity index (χ3v) is 2.65. The van der Waals surface area contributed by atoms with Crippen molar-refractivity contribution in [2.24, 2.45) is 0 Å². The molecular weight excluding hydrogens is 246 g/mol. The van der Waals surface area contributed by atoms with E-state index in [0.29, 0.717) is 6.61 Å². The van der Waals surface area contributed by atoms with E-state index in [-0.39, 0.29) is 5.69 Å². The third-order valence-electron chi connectivity index (χ3n) is 2.65. The molecule has 0 unspecified atom stereocenters. The number of esters is 1. The molecular formula is C12H11N5O2. The number of hydrogen-bond donors (Lipinski definition) is 1. The normalized spacial score (nSPS) is 10.8. The number of fused-ring (bicyclic) bond motifs is 1. The summed E-state index contributed by atoms with van der Waals surface area (Å²) in [5, 5.41) is 7.70. The lowest BCUT2D eigenvalue weighted by Crippen LogP contribution is -2.04. The molecule has 0 saturated heterocycles. The van der Waals surface area contributed by atoms with Crippen LogP contribution < -0.4 is 0 Å². The van der Waals surface area contributed by atoms with Crippen LogP contribution in [0, 0.1) is 0 Å². The van der Waals surface area contributed by atoms with Gasteiger partial charge in [-0.3, -0.25) is 0 Å². The molecule has 19 heavy (non-hydrogen) atoms. The summed E-state index contributed by atoms with van der Waals surface area (Å²) in [5.74, 6) is -0.476. The van der Waals surface area contributed by atoms with E-state index in [4.69, 9.17) is 4.74 Å². The molecule has 3 rings (SSSR count). The van der Waals surface area contributed by atoms with E-state index in [0.717, 1.165) is 16.7 Å². The van der Waals surface area contributed by atoms with Gasteiger partial charge in [0.1, 0.15) is 0 Å². The fraction of sp³-hybridized carbons (Fsp3) is 0.167. The first-order valence-corrected chi connectivity index (χ1v) is 5.81. The number of carbonyl (C=O) groups excluding carboxylic acids is 1. The first-order valence-electron chi connectivity index (χ1n) is 5.81. The standard InChI is InChI=1S/C12H11N5O2/c1-2-19-12(18)11-6-17(16-15-11)8-3-4-9-10(5-8)14-7-13-9/h3-7H,2H2,1H3,(H,13,14). The predicted octanol–water partition coefficient (Wildman–Crippen LogP) is 1.32. The largest absolute Gasteiger partial charge is 0.461 e. The van der Waals surface area contributed by atoms with Gasteiger partial charge in [-0.1, -0.05) is 5.21 Å². The number of ether oxygens (including phenoxy) is 1. The fourth-order valence-electron chi connectivity index (χ4n) is 1.75. The average molecular weight is 257 g/mol. The van der Waals surface area contributed by atoms with Crippen LogP contribution in [0.25, 0.3) is 16.7 Å². The molecule has 3 aromatic rings. The molecule has 0 atom stereocenters. The number of carbonyl (C=O) groups is 1. The lowest BCUT2D eigenvalue weighted by atomic mass is 10.3. The van der Waals surface area contributed by atoms with Crippen molar-refractivity contribution in [3.63, 3.8) is 0 Å². The van der Waals surface area contributed by atoms with Gasteiger partial charge >= 0.3 is 5.97 Å². The molecule has 2 aromatic heterocycles. The lowest BCUT2D eigenvalue weighted by molar-refractivity contribution is 0.0519. The number of aromatic amines is 1. The minimum Gasteiger partial charge on any atom is -0.461 e. The van der Waals surface area contributed by atoms with Crippen LogP contribution in [-0.2, 0) is 4.74 Å². The first-order chi connectivity index (χ1) is 9.28. The van der Waals surface area contributed by atoms with Crippen LogP contribution >= 0.6 is 0 Å². The Bertz CT molecular complexity index is 730. The summed E-state index contributed by atoms with van der Waals surface area (Å²) in [6, 6.07) is 5.60. The van der Waals surface area contributed by atoms with Crippen molar-refractivity contribution in [3.05, 3.63) is 36.4 Å². The van der Waals surface area contributed by atoms with Gasteiger partial charge in [-0.25, -0.2) is 14.5 Å². The van der Waals surface area contributed by atoms with Crippen LogP contribution in [0.1, 0.15) is 17.4 Å². The van der Waals surface area contributed by atoms with E-state index in [1.807, 2.05) is 18.2 Å². The molecule has 0 bridgehead atoms. The van der Waals surface area contributed by atoms with Crippen LogP contribution in [0.15, 0.2) is 30.7 Å². The Morgan fingerprint density at radius 2 is 2.37 bits per heavy atom. The number of rotatable bonds is 3. The molecule has 2 heterocycles. The Morgan fingerprint density at radius 1 is 1.47 bits per heavy atom. The highest BCUT2D eigenvalue weighted by Gasteiger charge is 2.12. The van der Waals surface area contributed by atoms with Crippen LogP contribution in [0.5, 0.6) is 0 Å². The molecule has 0 aliphatic carbocycles. The molecule has 0 saturated carbocycles. The second-order valence-corrected chi connectivity index (χ2v) is 3.87. The predicted molar refractivity (Wildman–Crippen MR) is 67.0 cm³/mol. The molecule has 0 amide bonds. The highest BCUT2D eigenvalue weighted by Crippen LogP contribution is 2.14. The van der Waals surface area contributed by atoms with Crippen LogP contribution in [0.4, 0.5) is 0 Å². The maximum Gasteiger partial charge on any atom is 0.360 e. The van der Waals surface area contributed by atoms with Crippen LogP contribution in [0.2, 0.25) is 0 Å². The maximum atomic E-state index is 11.5. The Hall–Kier alpha value is -2.70. The molecule has 0 spiro atoms. The number of nitrogens with one attached hydrogen (secondary N) is 1. The van der Waals surface area contributed by atoms with Crippen LogP contribution in [-0.4, -0.2) is 37.5 Å². The van der Waals surface area contributed by atoms with Crippen molar-refractivity contribution in [1.29, 1.82) is 0 Å². The van der Waals surface area contributed by atoms with Gasteiger partial charge in [0.05, 0.1) is 35.9 Å². The second kappa shape index (κ2) is 4.52. The summed E-state index contributed by atoms with van der Waals surface area (Å²) < 4.78 is 6.38. The summed E-state index contributed by atoms with van der Waals surface area (Å²) in [4.78, 5) is 18.7. The summed E-state index contributed by atoms with van der Waals surface area (Å²) in [6.45, 7) is 2.06. The molecule has 0 fully saturated rings. The number of benzene rings is 1. The van der Waals surface area contributed by atoms with E-state index in [2.05, 4.69) is 20.3 Å². The van der Waals surface area contributed by atoms with E-state index in [9.17, 15) is 4.79 Å². The topological polar surface area (TPSA) is 85.7 Å². The zero-order chi connectivity index (χ0) is 13.2. The van der Waals surface area contributed by atoms with Crippen molar-refractivity contribution < 1.29 is 9.53 Å². The summed E-state index contributed by atoms with van der Waals surface area (Å²) in [5.41, 5.74) is 2.74. The Balaban J connectivity index is 1.95. The molecule has 7 nitrogen and oxygen atoms in total. The summed E-state index contributed by atoms with van der Waals surface area (Å²) >= 11 is 0. The van der Waals surface area contributed by atoms with Crippen molar-refractivity contribution in [3.8, 4) is 5.69 Å². The van der Waals surface area contributed by atoms with Gasteiger partial charge in [0.2, 0.25) is 0 Å². The van der Waals surface area contributed by atoms with Crippen molar-refractivity contribution in [1.82, 2.24) is 25.0 Å². The van der Waals surface area contributed by atoms with E-state index >= 15 is 0 Å². The van der Waals surface area contributed by atoms with Crippen molar-refractivity contribution in [2.75, 3.05) is 6.61 Å². The molecule has 1 aromatic carbocycles. The molecule has 96 valence electrons. The SMILES string of the molecule is CCOC(=O)c1cn(-c2ccc3nc[nH]c3c2)nn1. The minimum absolute atomic E-state index is 0.187. The molecule has 0 aliphatic heterocycles. The van der Waals surface area contributed by atoms with Gasteiger partial charge in [0.25, 0.3) is 0 Å². The first kappa shape index (κ1) is 11.4. The quantitative estimate of drug-likeness (QED) is 0.715. The lowest BCUT2D eigenvalue weighted by Gasteiger charge is -1.99. The number of hydrogen-bond acceptors (Lipinski definition) is 5. The number of H-pyrrole nitrogens is 1. The van der Waals surface area contributed by atoms with Gasteiger partial charge in [-0.05, 0) is 25.1 Å². The smallest absolute Gasteiger partial charge is 0.360 e. The van der Waals surface area contributed by atoms with Crippen LogP contribution in [0.3, 0.4) is 0 Å². The van der Waals surface area contributed by atoms with Crippen molar-refractivity contribution >= 4 is 17.0 Å². The van der Waals surface area contributed by atoms with Gasteiger partial charge in [0.15, 0.2) is 5.69 Å². The third kappa shape index (κ3) is 2.05. The fourth-order valence-corrected chi connectivity index (χ4v) is 1.75.